The van der Waals surface area contributed by atoms with Crippen molar-refractivity contribution in [1.29, 1.82) is 0 Å². The van der Waals surface area contributed by atoms with Gasteiger partial charge >= 0.3 is 17.9 Å². The van der Waals surface area contributed by atoms with Crippen molar-refractivity contribution in [2.75, 3.05) is 5.32 Å². The van der Waals surface area contributed by atoms with Crippen molar-refractivity contribution in [2.45, 2.75) is 12.2 Å². The first kappa shape index (κ1) is 27.3. The Balaban J connectivity index is 1.92. The summed E-state index contributed by atoms with van der Waals surface area (Å²) in [6.45, 7) is 0. The van der Waals surface area contributed by atoms with Gasteiger partial charge in [0.05, 0.1) is 21.8 Å². The smallest absolute Gasteiger partial charge is 0.349 e. The molecule has 0 saturated carbocycles. The summed E-state index contributed by atoms with van der Waals surface area (Å²) in [5.74, 6) is -5.03. The first-order valence-electron chi connectivity index (χ1n) is 9.97. The molecule has 0 radical (unpaired) electrons. The van der Waals surface area contributed by atoms with Crippen LogP contribution >= 0.6 is 46.4 Å². The molecule has 8 nitrogen and oxygen atoms in total. The molecular formula is C24H15Cl4NO7. The fourth-order valence-electron chi connectivity index (χ4n) is 2.83. The third-order valence-corrected chi connectivity index (χ3v) is 5.65. The molecule has 3 aromatic rings. The van der Waals surface area contributed by atoms with Crippen LogP contribution in [0.3, 0.4) is 0 Å². The number of amides is 1. The van der Waals surface area contributed by atoms with E-state index in [1.165, 1.54) is 66.7 Å². The second kappa shape index (κ2) is 12.1. The average Bonchev–Trinajstić information content (AvgIpc) is 2.83. The highest BCUT2D eigenvalue weighted by molar-refractivity contribution is 6.36. The summed E-state index contributed by atoms with van der Waals surface area (Å²) in [6, 6.07) is 14.9. The Morgan fingerprint density at radius 3 is 1.56 bits per heavy atom. The Labute approximate surface area is 224 Å². The third-order valence-electron chi connectivity index (χ3n) is 4.59. The van der Waals surface area contributed by atoms with E-state index in [1.54, 1.807) is 0 Å². The number of hydrogen-bond acceptors (Lipinski definition) is 6. The molecule has 0 fully saturated rings. The number of carboxylic acid groups (broad SMARTS) is 1. The van der Waals surface area contributed by atoms with Gasteiger partial charge in [0, 0.05) is 15.1 Å². The maximum Gasteiger partial charge on any atom is 0.349 e. The van der Waals surface area contributed by atoms with Gasteiger partial charge in [-0.2, -0.15) is 0 Å². The standard InChI is InChI=1S/C24H15Cl4NO7/c25-14-5-1-12(2-6-14)23(33)35-19(21(30)29-18-10-9-16(27)11-17(18)28)20(22(31)32)36-24(34)13-3-7-15(26)8-4-13/h1-11,19-20H,(H,29,30)(H,31,32)/t19-,20+/m0/s1. The number of rotatable bonds is 8. The number of halogens is 4. The Morgan fingerprint density at radius 2 is 1.11 bits per heavy atom. The molecule has 1 amide bonds. The number of nitrogens with one attached hydrogen (secondary N) is 1. The Bertz CT molecular complexity index is 1300. The summed E-state index contributed by atoms with van der Waals surface area (Å²) in [4.78, 5) is 50.5. The summed E-state index contributed by atoms with van der Waals surface area (Å²) in [5, 5.41) is 13.1. The molecule has 2 atom stereocenters. The first-order valence-corrected chi connectivity index (χ1v) is 11.5. The minimum absolute atomic E-state index is 0.0312. The van der Waals surface area contributed by atoms with Gasteiger partial charge in [0.2, 0.25) is 12.2 Å². The van der Waals surface area contributed by atoms with E-state index in [0.717, 1.165) is 0 Å². The average molecular weight is 571 g/mol. The molecule has 0 aliphatic rings. The van der Waals surface area contributed by atoms with E-state index < -0.39 is 36.0 Å². The topological polar surface area (TPSA) is 119 Å². The van der Waals surface area contributed by atoms with Gasteiger partial charge in [0.25, 0.3) is 5.91 Å². The molecule has 0 aromatic heterocycles. The maximum atomic E-state index is 13.1. The lowest BCUT2D eigenvalue weighted by Gasteiger charge is -2.24. The van der Waals surface area contributed by atoms with E-state index in [-0.39, 0.29) is 26.9 Å². The van der Waals surface area contributed by atoms with Crippen LogP contribution in [0.4, 0.5) is 5.69 Å². The predicted molar refractivity (Wildman–Crippen MR) is 134 cm³/mol. The zero-order valence-corrected chi connectivity index (χ0v) is 20.9. The Morgan fingerprint density at radius 1 is 0.667 bits per heavy atom. The molecule has 0 spiro atoms. The highest BCUT2D eigenvalue weighted by atomic mass is 35.5. The van der Waals surface area contributed by atoms with Crippen LogP contribution in [0.1, 0.15) is 20.7 Å². The van der Waals surface area contributed by atoms with Crippen LogP contribution in [0.25, 0.3) is 0 Å². The van der Waals surface area contributed by atoms with Crippen molar-refractivity contribution >= 4 is 75.9 Å². The largest absolute Gasteiger partial charge is 0.478 e. The van der Waals surface area contributed by atoms with Crippen molar-refractivity contribution in [2.24, 2.45) is 0 Å². The van der Waals surface area contributed by atoms with E-state index in [1.807, 2.05) is 0 Å². The lowest BCUT2D eigenvalue weighted by Crippen LogP contribution is -2.48. The van der Waals surface area contributed by atoms with Crippen LogP contribution in [-0.2, 0) is 19.1 Å². The number of ether oxygens (including phenoxy) is 2. The van der Waals surface area contributed by atoms with Gasteiger partial charge in [-0.3, -0.25) is 4.79 Å². The number of anilines is 1. The van der Waals surface area contributed by atoms with Crippen LogP contribution in [-0.4, -0.2) is 41.1 Å². The minimum Gasteiger partial charge on any atom is -0.478 e. The van der Waals surface area contributed by atoms with Crippen molar-refractivity contribution < 1.29 is 33.8 Å². The zero-order chi connectivity index (χ0) is 26.4. The van der Waals surface area contributed by atoms with Gasteiger partial charge in [0.1, 0.15) is 0 Å². The molecule has 0 unspecified atom stereocenters. The van der Waals surface area contributed by atoms with Gasteiger partial charge in [-0.1, -0.05) is 46.4 Å². The summed E-state index contributed by atoms with van der Waals surface area (Å²) in [6.07, 6.45) is -4.34. The zero-order valence-electron chi connectivity index (χ0n) is 17.9. The monoisotopic (exact) mass is 569 g/mol. The molecule has 3 rings (SSSR count). The normalized spacial score (nSPS) is 12.2. The highest BCUT2D eigenvalue weighted by Crippen LogP contribution is 2.26. The van der Waals surface area contributed by atoms with Crippen LogP contribution in [0.5, 0.6) is 0 Å². The summed E-state index contributed by atoms with van der Waals surface area (Å²) in [7, 11) is 0. The lowest BCUT2D eigenvalue weighted by molar-refractivity contribution is -0.157. The number of carbonyl (C=O) groups is 4. The molecule has 12 heteroatoms. The highest BCUT2D eigenvalue weighted by Gasteiger charge is 2.41. The molecule has 0 bridgehead atoms. The predicted octanol–water partition coefficient (Wildman–Crippen LogP) is 5.77. The lowest BCUT2D eigenvalue weighted by atomic mass is 10.1. The molecule has 3 aromatic carbocycles. The number of hydrogen-bond donors (Lipinski definition) is 2. The second-order valence-corrected chi connectivity index (χ2v) is 8.83. The van der Waals surface area contributed by atoms with Gasteiger partial charge in [0.15, 0.2) is 0 Å². The molecule has 2 N–H and O–H groups in total. The van der Waals surface area contributed by atoms with E-state index >= 15 is 0 Å². The Kier molecular flexibility index (Phi) is 9.17. The van der Waals surface area contributed by atoms with Crippen LogP contribution in [0, 0.1) is 0 Å². The maximum absolute atomic E-state index is 13.1. The SMILES string of the molecule is O=C(O[C@H](C(=O)Nc1ccc(Cl)cc1Cl)[C@@H](OC(=O)c1ccc(Cl)cc1)C(=O)O)c1ccc(Cl)cc1. The van der Waals surface area contributed by atoms with Gasteiger partial charge in [-0.15, -0.1) is 0 Å². The van der Waals surface area contributed by atoms with Crippen molar-refractivity contribution in [3.05, 3.63) is 97.9 Å². The molecular weight excluding hydrogens is 556 g/mol. The number of benzene rings is 3. The molecule has 186 valence electrons. The molecule has 0 aliphatic carbocycles. The summed E-state index contributed by atoms with van der Waals surface area (Å²) in [5.41, 5.74) is -0.0313. The Hall–Kier alpha value is -3.30. The van der Waals surface area contributed by atoms with Crippen LogP contribution in [0.15, 0.2) is 66.7 Å². The van der Waals surface area contributed by atoms with Crippen molar-refractivity contribution in [1.82, 2.24) is 0 Å². The second-order valence-electron chi connectivity index (χ2n) is 7.12. The third kappa shape index (κ3) is 7.11. The van der Waals surface area contributed by atoms with E-state index in [9.17, 15) is 24.3 Å². The number of aliphatic carboxylic acids is 1. The molecule has 36 heavy (non-hydrogen) atoms. The van der Waals surface area contributed by atoms with Crippen LogP contribution in [0.2, 0.25) is 20.1 Å². The number of carbonyl (C=O) groups excluding carboxylic acids is 3. The van der Waals surface area contributed by atoms with Crippen molar-refractivity contribution in [3.8, 4) is 0 Å². The van der Waals surface area contributed by atoms with Gasteiger partial charge in [-0.05, 0) is 66.7 Å². The molecule has 0 aliphatic heterocycles. The fourth-order valence-corrected chi connectivity index (χ4v) is 3.54. The van der Waals surface area contributed by atoms with E-state index in [0.29, 0.717) is 10.0 Å². The van der Waals surface area contributed by atoms with Crippen LogP contribution < -0.4 is 5.32 Å². The molecule has 0 heterocycles. The molecule has 0 saturated heterocycles. The van der Waals surface area contributed by atoms with Gasteiger partial charge < -0.3 is 19.9 Å². The number of carboxylic acids is 1. The quantitative estimate of drug-likeness (QED) is 0.330. The summed E-state index contributed by atoms with van der Waals surface area (Å²) < 4.78 is 10.3. The first-order chi connectivity index (χ1) is 17.0. The number of esters is 2. The van der Waals surface area contributed by atoms with Crippen molar-refractivity contribution in [3.63, 3.8) is 0 Å². The fraction of sp³-hybridized carbons (Fsp3) is 0.0833. The van der Waals surface area contributed by atoms with E-state index in [2.05, 4.69) is 5.32 Å². The minimum atomic E-state index is -2.23. The van der Waals surface area contributed by atoms with E-state index in [4.69, 9.17) is 55.9 Å². The summed E-state index contributed by atoms with van der Waals surface area (Å²) >= 11 is 23.6. The van der Waals surface area contributed by atoms with Gasteiger partial charge in [-0.25, -0.2) is 14.4 Å².